The summed E-state index contributed by atoms with van der Waals surface area (Å²) in [5.74, 6) is -1.92. The molecule has 2 rings (SSSR count). The molecule has 0 aliphatic carbocycles. The Morgan fingerprint density at radius 3 is 2.18 bits per heavy atom. The van der Waals surface area contributed by atoms with E-state index in [0.717, 1.165) is 18.7 Å². The third-order valence-electron chi connectivity index (χ3n) is 3.18. The Hall–Kier alpha value is -3.40. The molecule has 10 heteroatoms. The molecule has 0 fully saturated rings. The van der Waals surface area contributed by atoms with E-state index < -0.39 is 21.7 Å². The summed E-state index contributed by atoms with van der Waals surface area (Å²) in [4.78, 5) is 24.3. The van der Waals surface area contributed by atoms with Gasteiger partial charge < -0.3 is 21.9 Å². The lowest BCUT2D eigenvalue weighted by molar-refractivity contribution is -0.134. The van der Waals surface area contributed by atoms with E-state index in [4.69, 9.17) is 21.4 Å². The van der Waals surface area contributed by atoms with Crippen LogP contribution < -0.4 is 16.8 Å². The minimum absolute atomic E-state index is 0.00933. The summed E-state index contributed by atoms with van der Waals surface area (Å²) in [6.45, 7) is 1.53. The number of carboxylic acids is 1. The molecule has 0 spiro atoms. The van der Waals surface area contributed by atoms with Gasteiger partial charge in [0.25, 0.3) is 11.9 Å². The molecule has 6 N–H and O–H groups in total. The molecular formula is C18H22N4O5S. The molecule has 9 nitrogen and oxygen atoms in total. The summed E-state index contributed by atoms with van der Waals surface area (Å²) < 4.78 is 24.1. The predicted octanol–water partition coefficient (Wildman–Crippen LogP) is 1.21. The van der Waals surface area contributed by atoms with E-state index in [-0.39, 0.29) is 16.4 Å². The van der Waals surface area contributed by atoms with Gasteiger partial charge in [-0.2, -0.15) is 4.99 Å². The fourth-order valence-electron chi connectivity index (χ4n) is 2.08. The van der Waals surface area contributed by atoms with Crippen LogP contribution in [0.3, 0.4) is 0 Å². The van der Waals surface area contributed by atoms with E-state index in [1.165, 1.54) is 18.2 Å². The number of carbonyl (C=O) groups excluding carboxylic acids is 1. The summed E-state index contributed by atoms with van der Waals surface area (Å²) in [6, 6.07) is 13.8. The first kappa shape index (κ1) is 22.6. The molecule has 0 radical (unpaired) electrons. The second kappa shape index (κ2) is 10.1. The molecular weight excluding hydrogens is 384 g/mol. The molecule has 150 valence electrons. The number of nitrogens with zero attached hydrogens (tertiary/aromatic N) is 1. The lowest BCUT2D eigenvalue weighted by Crippen LogP contribution is -2.24. The SMILES string of the molecule is CC(=O)O.CS(=O)(=O)c1cc(C(=O)N=C(N)N)ccc1NCc1ccccc1. The number of aliphatic carboxylic acids is 1. The van der Waals surface area contributed by atoms with Crippen molar-refractivity contribution in [3.05, 3.63) is 59.7 Å². The third-order valence-corrected chi connectivity index (χ3v) is 4.32. The van der Waals surface area contributed by atoms with Crippen molar-refractivity contribution < 1.29 is 23.1 Å². The number of hydrogen-bond donors (Lipinski definition) is 4. The van der Waals surface area contributed by atoms with Gasteiger partial charge in [-0.25, -0.2) is 8.42 Å². The van der Waals surface area contributed by atoms with E-state index in [9.17, 15) is 13.2 Å². The average Bonchev–Trinajstić information content (AvgIpc) is 2.59. The number of hydrogen-bond acceptors (Lipinski definition) is 5. The van der Waals surface area contributed by atoms with Crippen LogP contribution in [-0.2, 0) is 21.2 Å². The summed E-state index contributed by atoms with van der Waals surface area (Å²) in [5.41, 5.74) is 11.8. The third kappa shape index (κ3) is 7.87. The highest BCUT2D eigenvalue weighted by molar-refractivity contribution is 7.90. The van der Waals surface area contributed by atoms with E-state index in [2.05, 4.69) is 10.3 Å². The van der Waals surface area contributed by atoms with Crippen molar-refractivity contribution in [2.75, 3.05) is 11.6 Å². The van der Waals surface area contributed by atoms with Crippen molar-refractivity contribution in [1.82, 2.24) is 0 Å². The van der Waals surface area contributed by atoms with Gasteiger partial charge in [-0.3, -0.25) is 9.59 Å². The Morgan fingerprint density at radius 2 is 1.68 bits per heavy atom. The largest absolute Gasteiger partial charge is 0.481 e. The van der Waals surface area contributed by atoms with Gasteiger partial charge in [0.1, 0.15) is 0 Å². The van der Waals surface area contributed by atoms with Crippen molar-refractivity contribution in [3.63, 3.8) is 0 Å². The summed E-state index contributed by atoms with van der Waals surface area (Å²) in [7, 11) is -3.55. The molecule has 0 saturated heterocycles. The number of sulfone groups is 1. The standard InChI is InChI=1S/C16H18N4O3S.C2H4O2/c1-24(22,23)14-9-12(15(21)20-16(17)18)7-8-13(14)19-10-11-5-3-2-4-6-11;1-2(3)4/h2-9,19H,10H2,1H3,(H4,17,18,20,21);1H3,(H,3,4). The first-order valence-corrected chi connectivity index (χ1v) is 9.85. The van der Waals surface area contributed by atoms with Crippen LogP contribution in [0.2, 0.25) is 0 Å². The number of rotatable bonds is 5. The maximum Gasteiger partial charge on any atom is 0.300 e. The Kier molecular flexibility index (Phi) is 8.14. The van der Waals surface area contributed by atoms with E-state index in [0.29, 0.717) is 12.2 Å². The smallest absolute Gasteiger partial charge is 0.300 e. The second-order valence-corrected chi connectivity index (χ2v) is 7.67. The van der Waals surface area contributed by atoms with Gasteiger partial charge in [0, 0.05) is 25.3 Å². The number of guanidine groups is 1. The average molecular weight is 406 g/mol. The van der Waals surface area contributed by atoms with E-state index >= 15 is 0 Å². The van der Waals surface area contributed by atoms with E-state index in [1.54, 1.807) is 0 Å². The normalized spacial score (nSPS) is 10.2. The molecule has 1 amide bonds. The first-order chi connectivity index (χ1) is 13.0. The molecule has 0 aromatic heterocycles. The van der Waals surface area contributed by atoms with Crippen molar-refractivity contribution in [3.8, 4) is 0 Å². The minimum atomic E-state index is -3.55. The fourth-order valence-corrected chi connectivity index (χ4v) is 2.96. The maximum absolute atomic E-state index is 12.0. The zero-order valence-electron chi connectivity index (χ0n) is 15.4. The van der Waals surface area contributed by atoms with Gasteiger partial charge >= 0.3 is 0 Å². The highest BCUT2D eigenvalue weighted by atomic mass is 32.2. The number of benzene rings is 2. The van der Waals surface area contributed by atoms with Crippen LogP contribution in [0.4, 0.5) is 5.69 Å². The molecule has 0 saturated carbocycles. The topological polar surface area (TPSA) is 165 Å². The molecule has 28 heavy (non-hydrogen) atoms. The van der Waals surface area contributed by atoms with Crippen molar-refractivity contribution in [2.45, 2.75) is 18.4 Å². The van der Waals surface area contributed by atoms with E-state index in [1.807, 2.05) is 30.3 Å². The molecule has 0 unspecified atom stereocenters. The minimum Gasteiger partial charge on any atom is -0.481 e. The Labute approximate surface area is 163 Å². The van der Waals surface area contributed by atoms with Crippen molar-refractivity contribution >= 4 is 33.4 Å². The molecule has 0 bridgehead atoms. The van der Waals surface area contributed by atoms with Crippen LogP contribution in [0, 0.1) is 0 Å². The molecule has 0 aliphatic heterocycles. The van der Waals surface area contributed by atoms with Gasteiger partial charge in [-0.1, -0.05) is 30.3 Å². The van der Waals surface area contributed by atoms with Crippen molar-refractivity contribution in [2.24, 2.45) is 16.5 Å². The number of anilines is 1. The predicted molar refractivity (Wildman–Crippen MR) is 107 cm³/mol. The lowest BCUT2D eigenvalue weighted by atomic mass is 10.2. The molecule has 2 aromatic carbocycles. The second-order valence-electron chi connectivity index (χ2n) is 5.68. The Morgan fingerprint density at radius 1 is 1.11 bits per heavy atom. The van der Waals surface area contributed by atoms with Crippen LogP contribution in [0.15, 0.2) is 58.4 Å². The Balaban J connectivity index is 0.000000892. The summed E-state index contributed by atoms with van der Waals surface area (Å²) >= 11 is 0. The van der Waals surface area contributed by atoms with Crippen LogP contribution in [-0.4, -0.2) is 37.6 Å². The summed E-state index contributed by atoms with van der Waals surface area (Å²) in [6.07, 6.45) is 1.07. The fraction of sp³-hybridized carbons (Fsp3) is 0.167. The number of carboxylic acid groups (broad SMARTS) is 1. The zero-order valence-corrected chi connectivity index (χ0v) is 16.2. The van der Waals surface area contributed by atoms with Crippen LogP contribution in [0.1, 0.15) is 22.8 Å². The number of nitrogens with two attached hydrogens (primary N) is 2. The Bertz CT molecular complexity index is 965. The first-order valence-electron chi connectivity index (χ1n) is 7.96. The van der Waals surface area contributed by atoms with Crippen LogP contribution in [0.25, 0.3) is 0 Å². The number of aliphatic imine (C=N–C) groups is 1. The van der Waals surface area contributed by atoms with Crippen LogP contribution in [0.5, 0.6) is 0 Å². The van der Waals surface area contributed by atoms with Gasteiger partial charge in [-0.15, -0.1) is 0 Å². The zero-order chi connectivity index (χ0) is 21.3. The van der Waals surface area contributed by atoms with Crippen molar-refractivity contribution in [1.29, 1.82) is 0 Å². The monoisotopic (exact) mass is 406 g/mol. The number of nitrogens with one attached hydrogen (secondary N) is 1. The number of carbonyl (C=O) groups is 2. The molecule has 0 heterocycles. The lowest BCUT2D eigenvalue weighted by Gasteiger charge is -2.12. The molecule has 0 aliphatic rings. The number of amides is 1. The van der Waals surface area contributed by atoms with Gasteiger partial charge in [0.2, 0.25) is 0 Å². The summed E-state index contributed by atoms with van der Waals surface area (Å²) in [5, 5.41) is 10.5. The maximum atomic E-state index is 12.0. The molecule has 2 aromatic rings. The van der Waals surface area contributed by atoms with Gasteiger partial charge in [-0.05, 0) is 23.8 Å². The van der Waals surface area contributed by atoms with Crippen LogP contribution >= 0.6 is 0 Å². The quantitative estimate of drug-likeness (QED) is 0.425. The highest BCUT2D eigenvalue weighted by Gasteiger charge is 2.17. The highest BCUT2D eigenvalue weighted by Crippen LogP contribution is 2.24. The van der Waals surface area contributed by atoms with Gasteiger partial charge in [0.05, 0.1) is 10.6 Å². The molecule has 0 atom stereocenters. The van der Waals surface area contributed by atoms with Gasteiger partial charge in [0.15, 0.2) is 15.8 Å².